The molecule has 0 radical (unpaired) electrons. The normalized spacial score (nSPS) is 13.6. The second-order valence-electron chi connectivity index (χ2n) is 8.86. The van der Waals surface area contributed by atoms with Crippen LogP contribution in [0.2, 0.25) is 0 Å². The van der Waals surface area contributed by atoms with E-state index in [4.69, 9.17) is 20.3 Å². The second-order valence-corrected chi connectivity index (χ2v) is 10.4. The van der Waals surface area contributed by atoms with Gasteiger partial charge in [0.2, 0.25) is 21.9 Å². The van der Waals surface area contributed by atoms with E-state index >= 15 is 4.39 Å². The third-order valence-corrected chi connectivity index (χ3v) is 7.09. The lowest BCUT2D eigenvalue weighted by Gasteiger charge is -2.15. The maximum atomic E-state index is 15.3. The maximum Gasteiger partial charge on any atom is 0.243 e. The lowest BCUT2D eigenvalue weighted by atomic mass is 9.99. The zero-order valence-electron chi connectivity index (χ0n) is 20.0. The Labute approximate surface area is 211 Å². The zero-order chi connectivity index (χ0) is 26.5. The first-order chi connectivity index (χ1) is 17.6. The molecule has 0 bridgehead atoms. The molecule has 1 saturated carbocycles. The van der Waals surface area contributed by atoms with E-state index in [1.165, 1.54) is 13.3 Å². The van der Waals surface area contributed by atoms with Gasteiger partial charge in [-0.1, -0.05) is 0 Å². The van der Waals surface area contributed by atoms with Crippen molar-refractivity contribution in [2.75, 3.05) is 19.5 Å². The van der Waals surface area contributed by atoms with Crippen molar-refractivity contribution in [2.45, 2.75) is 24.7 Å². The van der Waals surface area contributed by atoms with Crippen molar-refractivity contribution in [3.8, 4) is 33.9 Å². The van der Waals surface area contributed by atoms with Crippen molar-refractivity contribution in [3.05, 3.63) is 53.9 Å². The number of benzene rings is 2. The van der Waals surface area contributed by atoms with Crippen molar-refractivity contribution in [2.24, 2.45) is 11.1 Å². The molecule has 1 aliphatic rings. The van der Waals surface area contributed by atoms with E-state index in [1.54, 1.807) is 19.1 Å². The highest BCUT2D eigenvalue weighted by Gasteiger charge is 2.26. The Morgan fingerprint density at radius 2 is 1.84 bits per heavy atom. The molecule has 0 aliphatic heterocycles. The van der Waals surface area contributed by atoms with Crippen LogP contribution in [0.15, 0.2) is 41.4 Å². The first kappa shape index (κ1) is 24.8. The lowest BCUT2D eigenvalue weighted by molar-refractivity contribution is 0.303. The van der Waals surface area contributed by atoms with Gasteiger partial charge in [0, 0.05) is 28.3 Å². The average Bonchev–Trinajstić information content (AvgIpc) is 3.66. The number of hydrogen-bond donors (Lipinski definition) is 2. The Morgan fingerprint density at radius 1 is 1.08 bits per heavy atom. The summed E-state index contributed by atoms with van der Waals surface area (Å²) in [5.74, 6) is -1.51. The molecule has 0 amide bonds. The van der Waals surface area contributed by atoms with Crippen molar-refractivity contribution < 1.29 is 26.7 Å². The van der Waals surface area contributed by atoms with E-state index in [0.29, 0.717) is 46.0 Å². The number of sulfonamides is 1. The quantitative estimate of drug-likeness (QED) is 0.367. The third-order valence-electron chi connectivity index (χ3n) is 6.15. The van der Waals surface area contributed by atoms with Crippen molar-refractivity contribution >= 4 is 26.9 Å². The Hall–Kier alpha value is -3.90. The minimum atomic E-state index is -4.67. The second kappa shape index (κ2) is 9.20. The predicted octanol–water partition coefficient (Wildman–Crippen LogP) is 3.97. The molecule has 2 aromatic heterocycles. The molecule has 0 saturated heterocycles. The minimum Gasteiger partial charge on any atom is -0.491 e. The van der Waals surface area contributed by atoms with E-state index < -0.39 is 26.6 Å². The molecular formula is C25H23F2N5O4S. The fourth-order valence-corrected chi connectivity index (χ4v) is 4.81. The van der Waals surface area contributed by atoms with Crippen LogP contribution in [0.1, 0.15) is 18.5 Å². The Balaban J connectivity index is 1.70. The topological polar surface area (TPSA) is 143 Å². The van der Waals surface area contributed by atoms with Crippen LogP contribution in [0.4, 0.5) is 14.7 Å². The molecular weight excluding hydrogens is 504 g/mol. The number of fused-ring (bicyclic) bond motifs is 1. The Bertz CT molecular complexity index is 1660. The van der Waals surface area contributed by atoms with Gasteiger partial charge in [-0.25, -0.2) is 37.3 Å². The van der Waals surface area contributed by atoms with Crippen molar-refractivity contribution in [1.29, 1.82) is 0 Å². The number of aryl methyl sites for hydroxylation is 1. The average molecular weight is 528 g/mol. The molecule has 5 rings (SSSR count). The number of methoxy groups -OCH3 is 1. The predicted molar refractivity (Wildman–Crippen MR) is 133 cm³/mol. The van der Waals surface area contributed by atoms with Crippen LogP contribution in [-0.4, -0.2) is 37.1 Å². The summed E-state index contributed by atoms with van der Waals surface area (Å²) in [6.45, 7) is 2.33. The number of halogens is 2. The number of nitrogens with zero attached hydrogens (tertiary/aromatic N) is 3. The summed E-state index contributed by atoms with van der Waals surface area (Å²) in [6.07, 6.45) is 3.72. The van der Waals surface area contributed by atoms with E-state index in [1.807, 2.05) is 6.07 Å². The summed E-state index contributed by atoms with van der Waals surface area (Å²) < 4.78 is 64.5. The van der Waals surface area contributed by atoms with E-state index in [-0.39, 0.29) is 23.0 Å². The number of pyridine rings is 1. The maximum absolute atomic E-state index is 15.3. The lowest BCUT2D eigenvalue weighted by Crippen LogP contribution is -2.16. The molecule has 1 fully saturated rings. The molecule has 0 unspecified atom stereocenters. The van der Waals surface area contributed by atoms with Gasteiger partial charge in [0.15, 0.2) is 10.7 Å². The molecule has 1 aliphatic carbocycles. The summed E-state index contributed by atoms with van der Waals surface area (Å²) >= 11 is 0. The first-order valence-electron chi connectivity index (χ1n) is 11.3. The molecule has 2 aromatic carbocycles. The van der Waals surface area contributed by atoms with Crippen LogP contribution in [0, 0.1) is 24.5 Å². The number of primary sulfonamides is 1. The molecule has 2 heterocycles. The number of ether oxygens (including phenoxy) is 2. The van der Waals surface area contributed by atoms with Crippen LogP contribution in [0.25, 0.3) is 33.2 Å². The number of rotatable bonds is 7. The SMILES string of the molecule is COc1ncc(-c2cc(OCC3CC3)c3nc(N)nc(C)c3c2)cc1-c1ccc(F)c(S(N)(=O)=O)c1F. The van der Waals surface area contributed by atoms with Gasteiger partial charge in [-0.3, -0.25) is 0 Å². The highest BCUT2D eigenvalue weighted by Crippen LogP contribution is 2.39. The van der Waals surface area contributed by atoms with Gasteiger partial charge >= 0.3 is 0 Å². The van der Waals surface area contributed by atoms with Gasteiger partial charge in [-0.15, -0.1) is 0 Å². The number of anilines is 1. The molecule has 4 N–H and O–H groups in total. The highest BCUT2D eigenvalue weighted by atomic mass is 32.2. The summed E-state index contributed by atoms with van der Waals surface area (Å²) in [4.78, 5) is 11.7. The van der Waals surface area contributed by atoms with Gasteiger partial charge in [0.25, 0.3) is 0 Å². The van der Waals surface area contributed by atoms with Crippen molar-refractivity contribution in [1.82, 2.24) is 15.0 Å². The molecule has 37 heavy (non-hydrogen) atoms. The van der Waals surface area contributed by atoms with E-state index in [0.717, 1.165) is 25.0 Å². The smallest absolute Gasteiger partial charge is 0.243 e. The standard InChI is InChI=1S/C25H23F2N5O4S/c1-12-17-7-14(9-20(36-11-13-3-4-13)22(17)32-25(28)31-12)15-8-18(24(35-2)30-10-15)16-5-6-19(26)23(21(16)27)37(29,33)34/h5-10,13H,3-4,11H2,1-2H3,(H2,28,31,32)(H2,29,33,34). The molecule has 9 nitrogen and oxygen atoms in total. The van der Waals surface area contributed by atoms with Gasteiger partial charge in [0.05, 0.1) is 19.4 Å². The van der Waals surface area contributed by atoms with E-state index in [9.17, 15) is 12.8 Å². The summed E-state index contributed by atoms with van der Waals surface area (Å²) in [7, 11) is -3.34. The number of aromatic nitrogens is 3. The number of hydrogen-bond acceptors (Lipinski definition) is 8. The summed E-state index contributed by atoms with van der Waals surface area (Å²) in [6, 6.07) is 7.11. The Kier molecular flexibility index (Phi) is 6.16. The molecule has 4 aromatic rings. The number of nitrogen functional groups attached to an aromatic ring is 1. The third kappa shape index (κ3) is 4.77. The van der Waals surface area contributed by atoms with Crippen LogP contribution >= 0.6 is 0 Å². The zero-order valence-corrected chi connectivity index (χ0v) is 20.8. The highest BCUT2D eigenvalue weighted by molar-refractivity contribution is 7.89. The number of nitrogens with two attached hydrogens (primary N) is 2. The molecule has 12 heteroatoms. The molecule has 0 atom stereocenters. The van der Waals surface area contributed by atoms with Crippen LogP contribution in [0.5, 0.6) is 11.6 Å². The van der Waals surface area contributed by atoms with Gasteiger partial charge in [-0.05, 0) is 61.6 Å². The van der Waals surface area contributed by atoms with Gasteiger partial charge < -0.3 is 15.2 Å². The molecule has 0 spiro atoms. The fraction of sp³-hybridized carbons (Fsp3) is 0.240. The monoisotopic (exact) mass is 527 g/mol. The van der Waals surface area contributed by atoms with Crippen LogP contribution in [-0.2, 0) is 10.0 Å². The fourth-order valence-electron chi connectivity index (χ4n) is 4.11. The van der Waals surface area contributed by atoms with Crippen molar-refractivity contribution in [3.63, 3.8) is 0 Å². The largest absolute Gasteiger partial charge is 0.491 e. The van der Waals surface area contributed by atoms with Gasteiger partial charge in [0.1, 0.15) is 17.1 Å². The summed E-state index contributed by atoms with van der Waals surface area (Å²) in [5.41, 5.74) is 8.14. The van der Waals surface area contributed by atoms with Gasteiger partial charge in [-0.2, -0.15) is 0 Å². The molecule has 192 valence electrons. The van der Waals surface area contributed by atoms with Crippen LogP contribution in [0.3, 0.4) is 0 Å². The minimum absolute atomic E-state index is 0.00733. The summed E-state index contributed by atoms with van der Waals surface area (Å²) in [5, 5.41) is 5.76. The van der Waals surface area contributed by atoms with E-state index in [2.05, 4.69) is 15.0 Å². The van der Waals surface area contributed by atoms with Crippen LogP contribution < -0.4 is 20.3 Å². The first-order valence-corrected chi connectivity index (χ1v) is 12.9. The Morgan fingerprint density at radius 3 is 2.51 bits per heavy atom.